The first kappa shape index (κ1) is 24.4. The Labute approximate surface area is 198 Å². The molecule has 1 aliphatic heterocycles. The summed E-state index contributed by atoms with van der Waals surface area (Å²) in [5, 5.41) is 0. The highest BCUT2D eigenvalue weighted by Gasteiger charge is 2.49. The van der Waals surface area contributed by atoms with Gasteiger partial charge in [-0.15, -0.1) is 0 Å². The Bertz CT molecular complexity index is 1350. The molecule has 186 valence electrons. The van der Waals surface area contributed by atoms with Crippen LogP contribution in [-0.2, 0) is 14.9 Å². The van der Waals surface area contributed by atoms with Crippen molar-refractivity contribution in [2.24, 2.45) is 0 Å². The predicted octanol–water partition coefficient (Wildman–Crippen LogP) is 2.75. The molecule has 0 N–H and O–H groups in total. The number of rotatable bonds is 5. The van der Waals surface area contributed by atoms with Crippen molar-refractivity contribution in [1.82, 2.24) is 15.0 Å². The molecule has 2 aromatic heterocycles. The number of ether oxygens (including phenoxy) is 1. The minimum atomic E-state index is -6.00. The number of alkyl halides is 3. The molecule has 0 aliphatic carbocycles. The highest BCUT2D eigenvalue weighted by Crippen LogP contribution is 2.34. The van der Waals surface area contributed by atoms with Gasteiger partial charge in [0.05, 0.1) is 23.7 Å². The van der Waals surface area contributed by atoms with Crippen molar-refractivity contribution in [3.8, 4) is 5.88 Å². The molecule has 1 saturated heterocycles. The van der Waals surface area contributed by atoms with E-state index in [9.17, 15) is 26.4 Å². The Kier molecular flexibility index (Phi) is 6.40. The predicted molar refractivity (Wildman–Crippen MR) is 120 cm³/mol. The Morgan fingerprint density at radius 3 is 2.51 bits per heavy atom. The van der Waals surface area contributed by atoms with Crippen LogP contribution in [0.1, 0.15) is 17.3 Å². The van der Waals surface area contributed by atoms with E-state index in [1.165, 1.54) is 25.3 Å². The average Bonchev–Trinajstić information content (AvgIpc) is 2.82. The lowest BCUT2D eigenvalue weighted by Gasteiger charge is -2.41. The number of carbonyl (C=O) groups excluding carboxylic acids is 1. The fraction of sp³-hybridized carbons (Fsp3) is 0.333. The highest BCUT2D eigenvalue weighted by atomic mass is 32.2. The fourth-order valence-corrected chi connectivity index (χ4v) is 4.10. The van der Waals surface area contributed by atoms with Crippen molar-refractivity contribution >= 4 is 38.8 Å². The maximum Gasteiger partial charge on any atom is 0.534 e. The van der Waals surface area contributed by atoms with E-state index in [0.29, 0.717) is 13.1 Å². The van der Waals surface area contributed by atoms with E-state index in [4.69, 9.17) is 4.74 Å². The van der Waals surface area contributed by atoms with E-state index in [2.05, 4.69) is 19.1 Å². The Morgan fingerprint density at radius 1 is 1.11 bits per heavy atom. The van der Waals surface area contributed by atoms with Gasteiger partial charge < -0.3 is 18.7 Å². The molecule has 14 heteroatoms. The maximum absolute atomic E-state index is 13.1. The summed E-state index contributed by atoms with van der Waals surface area (Å²) in [5.74, 6) is -0.922. The summed E-state index contributed by atoms with van der Waals surface area (Å²) in [6.07, 6.45) is 1.65. The molecular weight excluding hydrogens is 491 g/mol. The molecule has 35 heavy (non-hydrogen) atoms. The topological polar surface area (TPSA) is 115 Å². The van der Waals surface area contributed by atoms with Crippen molar-refractivity contribution in [3.05, 3.63) is 48.2 Å². The van der Waals surface area contributed by atoms with Crippen LogP contribution in [0.25, 0.3) is 11.0 Å². The van der Waals surface area contributed by atoms with Crippen molar-refractivity contribution in [1.29, 1.82) is 0 Å². The van der Waals surface area contributed by atoms with Gasteiger partial charge in [0, 0.05) is 31.9 Å². The number of esters is 1. The molecule has 0 saturated carbocycles. The van der Waals surface area contributed by atoms with Crippen molar-refractivity contribution in [2.45, 2.75) is 18.5 Å². The number of hydrogen-bond acceptors (Lipinski definition) is 10. The molecule has 3 heterocycles. The zero-order valence-electron chi connectivity index (χ0n) is 18.6. The largest absolute Gasteiger partial charge is 0.534 e. The highest BCUT2D eigenvalue weighted by molar-refractivity contribution is 7.88. The molecule has 0 amide bonds. The van der Waals surface area contributed by atoms with Gasteiger partial charge >= 0.3 is 21.6 Å². The third-order valence-corrected chi connectivity index (χ3v) is 6.33. The first-order valence-electron chi connectivity index (χ1n) is 10.3. The molecule has 3 aromatic rings. The lowest BCUT2D eigenvalue weighted by Crippen LogP contribution is -2.52. The zero-order valence-corrected chi connectivity index (χ0v) is 19.4. The van der Waals surface area contributed by atoms with Crippen LogP contribution >= 0.6 is 0 Å². The molecule has 0 bridgehead atoms. The lowest BCUT2D eigenvalue weighted by atomic mass is 10.1. The van der Waals surface area contributed by atoms with E-state index in [0.717, 1.165) is 5.82 Å². The number of benzene rings is 1. The number of hydrogen-bond donors (Lipinski definition) is 0. The SMILES string of the molecule is COC(=O)c1ccc2nc(OS(=O)(=O)C(F)(F)F)c(N3CCN(c4ccccn4)CC3C)nc2c1. The summed E-state index contributed by atoms with van der Waals surface area (Å²) in [6.45, 7) is 2.91. The van der Waals surface area contributed by atoms with Crippen molar-refractivity contribution in [2.75, 3.05) is 36.5 Å². The first-order chi connectivity index (χ1) is 16.5. The van der Waals surface area contributed by atoms with Gasteiger partial charge in [0.25, 0.3) is 5.88 Å². The van der Waals surface area contributed by atoms with Crippen LogP contribution in [0.2, 0.25) is 0 Å². The van der Waals surface area contributed by atoms with Crippen LogP contribution in [-0.4, -0.2) is 67.6 Å². The van der Waals surface area contributed by atoms with Crippen LogP contribution in [0, 0.1) is 0 Å². The number of piperazine rings is 1. The minimum Gasteiger partial charge on any atom is -0.465 e. The Morgan fingerprint density at radius 2 is 1.89 bits per heavy atom. The first-order valence-corrected chi connectivity index (χ1v) is 11.7. The molecule has 1 aromatic carbocycles. The van der Waals surface area contributed by atoms with Crippen LogP contribution in [0.5, 0.6) is 5.88 Å². The number of aromatic nitrogens is 3. The Hall–Kier alpha value is -3.68. The number of anilines is 2. The van der Waals surface area contributed by atoms with Gasteiger partial charge in [-0.3, -0.25) is 0 Å². The molecule has 1 fully saturated rings. The average molecular weight is 511 g/mol. The zero-order chi connectivity index (χ0) is 25.4. The Balaban J connectivity index is 1.76. The van der Waals surface area contributed by atoms with E-state index in [-0.39, 0.29) is 35.0 Å². The smallest absolute Gasteiger partial charge is 0.465 e. The normalized spacial score (nSPS) is 16.9. The second kappa shape index (κ2) is 9.17. The summed E-state index contributed by atoms with van der Waals surface area (Å²) in [5.41, 5.74) is -5.32. The van der Waals surface area contributed by atoms with Gasteiger partial charge in [-0.05, 0) is 37.3 Å². The monoisotopic (exact) mass is 511 g/mol. The summed E-state index contributed by atoms with van der Waals surface area (Å²) in [7, 11) is -4.80. The molecular formula is C21H20F3N5O5S. The third-order valence-electron chi connectivity index (χ3n) is 5.38. The van der Waals surface area contributed by atoms with E-state index in [1.807, 2.05) is 17.0 Å². The summed E-state index contributed by atoms with van der Waals surface area (Å²) >= 11 is 0. The van der Waals surface area contributed by atoms with Gasteiger partial charge in [-0.1, -0.05) is 6.07 Å². The van der Waals surface area contributed by atoms with E-state index >= 15 is 0 Å². The van der Waals surface area contributed by atoms with Crippen molar-refractivity contribution in [3.63, 3.8) is 0 Å². The molecule has 1 aliphatic rings. The van der Waals surface area contributed by atoms with Crippen LogP contribution in [0.4, 0.5) is 24.8 Å². The number of carbonyl (C=O) groups is 1. The second-order valence-corrected chi connectivity index (χ2v) is 9.24. The van der Waals surface area contributed by atoms with E-state index in [1.54, 1.807) is 24.1 Å². The van der Waals surface area contributed by atoms with Crippen molar-refractivity contribution < 1.29 is 35.3 Å². The second-order valence-electron chi connectivity index (χ2n) is 7.71. The van der Waals surface area contributed by atoms with Gasteiger partial charge in [-0.25, -0.2) is 19.7 Å². The molecule has 10 nitrogen and oxygen atoms in total. The number of pyridine rings is 1. The molecule has 4 rings (SSSR count). The molecule has 0 spiro atoms. The third kappa shape index (κ3) is 4.92. The fourth-order valence-electron chi connectivity index (χ4n) is 3.69. The van der Waals surface area contributed by atoms with Gasteiger partial charge in [0.1, 0.15) is 5.82 Å². The number of methoxy groups -OCH3 is 1. The summed E-state index contributed by atoms with van der Waals surface area (Å²) < 4.78 is 71.9. The number of fused-ring (bicyclic) bond motifs is 1. The lowest BCUT2D eigenvalue weighted by molar-refractivity contribution is -0.0501. The van der Waals surface area contributed by atoms with Gasteiger partial charge in [-0.2, -0.15) is 21.6 Å². The summed E-state index contributed by atoms with van der Waals surface area (Å²) in [6, 6.07) is 9.11. The molecule has 1 atom stereocenters. The number of halogens is 3. The van der Waals surface area contributed by atoms with Crippen LogP contribution in [0.3, 0.4) is 0 Å². The number of nitrogens with zero attached hydrogens (tertiary/aromatic N) is 5. The van der Waals surface area contributed by atoms with E-state index < -0.39 is 27.5 Å². The molecule has 1 unspecified atom stereocenters. The van der Waals surface area contributed by atoms with Crippen LogP contribution in [0.15, 0.2) is 42.6 Å². The van der Waals surface area contributed by atoms with Gasteiger partial charge in [0.15, 0.2) is 5.82 Å². The van der Waals surface area contributed by atoms with Gasteiger partial charge in [0.2, 0.25) is 0 Å². The summed E-state index contributed by atoms with van der Waals surface area (Å²) in [4.78, 5) is 28.2. The standard InChI is InChI=1S/C21H20F3N5O5S/c1-13-12-28(17-5-3-4-8-25-17)9-10-29(13)18-19(34-35(31,32)21(22,23)24)27-15-7-6-14(20(30)33-2)11-16(15)26-18/h3-8,11,13H,9-10,12H2,1-2H3. The minimum absolute atomic E-state index is 0.0357. The quantitative estimate of drug-likeness (QED) is 0.288. The maximum atomic E-state index is 13.1. The molecule has 0 radical (unpaired) electrons. The van der Waals surface area contributed by atoms with Crippen LogP contribution < -0.4 is 14.0 Å².